The molecule has 0 fully saturated rings. The standard InChI is InChI=1S/C23H18F8N4O3/c1-12(35-21(36)13-6-14(23(29,30)31)8-16(7-13)37-10-18(24)25)19-20(33-5-4-32-19)17-3-2-15(9-34-17)38-11-22(26,27)28/h2-9,12,18H,10-11H2,1H3,(H,35,36). The second-order valence-corrected chi connectivity index (χ2v) is 7.71. The van der Waals surface area contributed by atoms with Crippen LogP contribution in [-0.4, -0.2) is 46.7 Å². The maximum atomic E-state index is 13.3. The van der Waals surface area contributed by atoms with E-state index in [0.717, 1.165) is 12.3 Å². The number of carbonyl (C=O) groups is 1. The van der Waals surface area contributed by atoms with Crippen molar-refractivity contribution in [1.82, 2.24) is 20.3 Å². The first-order valence-corrected chi connectivity index (χ1v) is 10.6. The summed E-state index contributed by atoms with van der Waals surface area (Å²) in [6, 6.07) is 3.51. The Balaban J connectivity index is 1.82. The molecule has 0 spiro atoms. The number of nitrogens with one attached hydrogen (secondary N) is 1. The van der Waals surface area contributed by atoms with E-state index >= 15 is 0 Å². The topological polar surface area (TPSA) is 86.2 Å². The molecular formula is C23H18F8N4O3. The quantitative estimate of drug-likeness (QED) is 0.348. The number of halogens is 8. The van der Waals surface area contributed by atoms with Crippen LogP contribution in [0.5, 0.6) is 11.5 Å². The van der Waals surface area contributed by atoms with Crippen LogP contribution in [0.25, 0.3) is 11.4 Å². The van der Waals surface area contributed by atoms with Crippen molar-refractivity contribution in [3.8, 4) is 22.9 Å². The summed E-state index contributed by atoms with van der Waals surface area (Å²) in [5, 5.41) is 2.45. The predicted molar refractivity (Wildman–Crippen MR) is 116 cm³/mol. The molecule has 0 aliphatic heterocycles. The minimum atomic E-state index is -4.88. The first kappa shape index (κ1) is 28.5. The maximum absolute atomic E-state index is 13.3. The molecule has 0 aliphatic carbocycles. The van der Waals surface area contributed by atoms with Gasteiger partial charge in [0.1, 0.15) is 23.8 Å². The van der Waals surface area contributed by atoms with E-state index in [1.165, 1.54) is 31.5 Å². The van der Waals surface area contributed by atoms with Gasteiger partial charge in [-0.25, -0.2) is 8.78 Å². The number of rotatable bonds is 9. The third kappa shape index (κ3) is 7.98. The number of hydrogen-bond acceptors (Lipinski definition) is 6. The number of benzene rings is 1. The first-order chi connectivity index (χ1) is 17.7. The van der Waals surface area contributed by atoms with Crippen molar-refractivity contribution in [2.45, 2.75) is 31.7 Å². The van der Waals surface area contributed by atoms with E-state index in [1.807, 2.05) is 0 Å². The molecule has 0 saturated carbocycles. The van der Waals surface area contributed by atoms with E-state index in [9.17, 15) is 39.9 Å². The van der Waals surface area contributed by atoms with Crippen molar-refractivity contribution in [3.63, 3.8) is 0 Å². The molecule has 7 nitrogen and oxygen atoms in total. The van der Waals surface area contributed by atoms with Crippen LogP contribution in [0, 0.1) is 0 Å². The molecule has 0 radical (unpaired) electrons. The van der Waals surface area contributed by atoms with E-state index in [1.54, 1.807) is 0 Å². The zero-order chi connectivity index (χ0) is 28.1. The highest BCUT2D eigenvalue weighted by molar-refractivity contribution is 5.95. The van der Waals surface area contributed by atoms with E-state index < -0.39 is 60.8 Å². The van der Waals surface area contributed by atoms with Crippen LogP contribution in [0.1, 0.15) is 34.6 Å². The van der Waals surface area contributed by atoms with Gasteiger partial charge in [0.15, 0.2) is 6.61 Å². The molecule has 15 heteroatoms. The van der Waals surface area contributed by atoms with Gasteiger partial charge >= 0.3 is 12.4 Å². The molecule has 0 bridgehead atoms. The average molecular weight is 550 g/mol. The molecule has 3 aromatic rings. The Kier molecular flexibility index (Phi) is 8.68. The number of nitrogens with zero attached hydrogens (tertiary/aromatic N) is 3. The van der Waals surface area contributed by atoms with Crippen LogP contribution >= 0.6 is 0 Å². The lowest BCUT2D eigenvalue weighted by Crippen LogP contribution is -2.28. The van der Waals surface area contributed by atoms with Gasteiger partial charge in [0.05, 0.1) is 29.2 Å². The number of ether oxygens (including phenoxy) is 2. The fourth-order valence-electron chi connectivity index (χ4n) is 3.12. The van der Waals surface area contributed by atoms with Crippen molar-refractivity contribution in [2.75, 3.05) is 13.2 Å². The summed E-state index contributed by atoms with van der Waals surface area (Å²) >= 11 is 0. The lowest BCUT2D eigenvalue weighted by atomic mass is 10.1. The highest BCUT2D eigenvalue weighted by Gasteiger charge is 2.32. The van der Waals surface area contributed by atoms with Gasteiger partial charge in [-0.1, -0.05) is 0 Å². The van der Waals surface area contributed by atoms with Crippen molar-refractivity contribution >= 4 is 5.91 Å². The van der Waals surface area contributed by atoms with Gasteiger partial charge in [0.2, 0.25) is 0 Å². The number of alkyl halides is 8. The number of pyridine rings is 1. The van der Waals surface area contributed by atoms with Gasteiger partial charge in [0, 0.05) is 18.0 Å². The summed E-state index contributed by atoms with van der Waals surface area (Å²) < 4.78 is 111. The molecule has 1 aromatic carbocycles. The number of amides is 1. The monoisotopic (exact) mass is 550 g/mol. The predicted octanol–water partition coefficient (Wildman–Crippen LogP) is 5.63. The first-order valence-electron chi connectivity index (χ1n) is 10.6. The Morgan fingerprint density at radius 2 is 1.66 bits per heavy atom. The van der Waals surface area contributed by atoms with E-state index in [4.69, 9.17) is 0 Å². The number of carbonyl (C=O) groups excluding carboxylic acids is 1. The molecule has 0 aliphatic rings. The Bertz CT molecular complexity index is 1250. The van der Waals surface area contributed by atoms with E-state index in [0.29, 0.717) is 12.1 Å². The average Bonchev–Trinajstić information content (AvgIpc) is 2.85. The summed E-state index contributed by atoms with van der Waals surface area (Å²) in [6.45, 7) is -1.24. The lowest BCUT2D eigenvalue weighted by Gasteiger charge is -2.17. The minimum Gasteiger partial charge on any atom is -0.488 e. The lowest BCUT2D eigenvalue weighted by molar-refractivity contribution is -0.153. The van der Waals surface area contributed by atoms with Gasteiger partial charge in [-0.2, -0.15) is 26.3 Å². The summed E-state index contributed by atoms with van der Waals surface area (Å²) in [4.78, 5) is 25.1. The van der Waals surface area contributed by atoms with Crippen molar-refractivity contribution in [3.05, 3.63) is 65.7 Å². The summed E-state index contributed by atoms with van der Waals surface area (Å²) in [7, 11) is 0. The molecule has 3 rings (SSSR count). The zero-order valence-electron chi connectivity index (χ0n) is 19.3. The van der Waals surface area contributed by atoms with Crippen molar-refractivity contribution < 1.29 is 49.4 Å². The van der Waals surface area contributed by atoms with Crippen LogP contribution < -0.4 is 14.8 Å². The summed E-state index contributed by atoms with van der Waals surface area (Å²) in [6.07, 6.45) is -8.77. The summed E-state index contributed by atoms with van der Waals surface area (Å²) in [5.74, 6) is -1.73. The van der Waals surface area contributed by atoms with Gasteiger partial charge in [-0.15, -0.1) is 0 Å². The second kappa shape index (κ2) is 11.6. The Morgan fingerprint density at radius 3 is 2.26 bits per heavy atom. The zero-order valence-corrected chi connectivity index (χ0v) is 19.3. The molecule has 1 unspecified atom stereocenters. The molecule has 38 heavy (non-hydrogen) atoms. The fourth-order valence-corrected chi connectivity index (χ4v) is 3.12. The molecule has 2 aromatic heterocycles. The van der Waals surface area contributed by atoms with E-state index in [-0.39, 0.29) is 22.8 Å². The van der Waals surface area contributed by atoms with Crippen LogP contribution in [0.3, 0.4) is 0 Å². The Labute approximate surface area is 209 Å². The number of hydrogen-bond donors (Lipinski definition) is 1. The van der Waals surface area contributed by atoms with Gasteiger partial charge in [0.25, 0.3) is 12.3 Å². The second-order valence-electron chi connectivity index (χ2n) is 7.71. The summed E-state index contributed by atoms with van der Waals surface area (Å²) in [5.41, 5.74) is -1.36. The molecule has 0 saturated heterocycles. The molecule has 2 heterocycles. The van der Waals surface area contributed by atoms with Crippen LogP contribution in [0.4, 0.5) is 35.1 Å². The molecule has 1 atom stereocenters. The smallest absolute Gasteiger partial charge is 0.422 e. The minimum absolute atomic E-state index is 0.132. The molecule has 1 N–H and O–H groups in total. The van der Waals surface area contributed by atoms with Crippen LogP contribution in [0.15, 0.2) is 48.9 Å². The van der Waals surface area contributed by atoms with Gasteiger partial charge in [-0.05, 0) is 37.3 Å². The number of aromatic nitrogens is 3. The normalized spacial score (nSPS) is 12.8. The maximum Gasteiger partial charge on any atom is 0.422 e. The van der Waals surface area contributed by atoms with E-state index in [2.05, 4.69) is 29.7 Å². The highest BCUT2D eigenvalue weighted by Crippen LogP contribution is 2.33. The van der Waals surface area contributed by atoms with Crippen LogP contribution in [-0.2, 0) is 6.18 Å². The van der Waals surface area contributed by atoms with Crippen LogP contribution in [0.2, 0.25) is 0 Å². The highest BCUT2D eigenvalue weighted by atomic mass is 19.4. The Morgan fingerprint density at radius 1 is 0.947 bits per heavy atom. The largest absolute Gasteiger partial charge is 0.488 e. The van der Waals surface area contributed by atoms with Gasteiger partial charge < -0.3 is 14.8 Å². The molecule has 1 amide bonds. The van der Waals surface area contributed by atoms with Gasteiger partial charge in [-0.3, -0.25) is 19.7 Å². The third-order valence-electron chi connectivity index (χ3n) is 4.74. The van der Waals surface area contributed by atoms with Crippen molar-refractivity contribution in [2.24, 2.45) is 0 Å². The van der Waals surface area contributed by atoms with Crippen molar-refractivity contribution in [1.29, 1.82) is 0 Å². The third-order valence-corrected chi connectivity index (χ3v) is 4.74. The molecular weight excluding hydrogens is 532 g/mol. The Hall–Kier alpha value is -4.04. The molecule has 204 valence electrons. The SMILES string of the molecule is CC(NC(=O)c1cc(OCC(F)F)cc(C(F)(F)F)c1)c1nccnc1-c1ccc(OCC(F)(F)F)cn1. The fraction of sp³-hybridized carbons (Fsp3) is 0.304.